The fourth-order valence-corrected chi connectivity index (χ4v) is 5.97. The number of aromatic nitrogens is 3. The van der Waals surface area contributed by atoms with Crippen LogP contribution in [0.15, 0.2) is 23.2 Å². The monoisotopic (exact) mass is 465 g/mol. The van der Waals surface area contributed by atoms with Crippen molar-refractivity contribution in [3.63, 3.8) is 0 Å². The van der Waals surface area contributed by atoms with Gasteiger partial charge in [-0.2, -0.15) is 0 Å². The molecule has 1 spiro atoms. The van der Waals surface area contributed by atoms with Crippen LogP contribution in [-0.4, -0.2) is 43.4 Å². The molecule has 1 unspecified atom stereocenters. The van der Waals surface area contributed by atoms with Crippen LogP contribution < -0.4 is 9.62 Å². The van der Waals surface area contributed by atoms with Crippen molar-refractivity contribution < 1.29 is 4.55 Å². The van der Waals surface area contributed by atoms with Crippen molar-refractivity contribution in [1.82, 2.24) is 19.7 Å². The molecule has 28 heavy (non-hydrogen) atoms. The molecule has 152 valence electrons. The lowest BCUT2D eigenvalue weighted by molar-refractivity contribution is 0.187. The zero-order chi connectivity index (χ0) is 19.9. The second-order valence-corrected chi connectivity index (χ2v) is 11.9. The Balaban J connectivity index is 1.51. The maximum absolute atomic E-state index is 12.7. The molecule has 2 fully saturated rings. The van der Waals surface area contributed by atoms with E-state index in [0.29, 0.717) is 6.04 Å². The summed E-state index contributed by atoms with van der Waals surface area (Å²) in [7, 11) is 0. The van der Waals surface area contributed by atoms with Crippen LogP contribution in [-0.2, 0) is 11.4 Å². The number of hydrogen-bond acceptors (Lipinski definition) is 6. The number of nitrogens with zero attached hydrogens (tertiary/aromatic N) is 4. The van der Waals surface area contributed by atoms with Crippen molar-refractivity contribution in [1.29, 1.82) is 0 Å². The summed E-state index contributed by atoms with van der Waals surface area (Å²) in [6, 6.07) is 0.340. The summed E-state index contributed by atoms with van der Waals surface area (Å²) in [6.45, 7) is 8.02. The van der Waals surface area contributed by atoms with Crippen molar-refractivity contribution in [2.24, 2.45) is 5.41 Å². The van der Waals surface area contributed by atoms with Crippen LogP contribution >= 0.6 is 15.9 Å². The number of nitrogens with one attached hydrogen (secondary N) is 1. The number of anilines is 1. The van der Waals surface area contributed by atoms with Crippen molar-refractivity contribution in [3.8, 4) is 0 Å². The van der Waals surface area contributed by atoms with Gasteiger partial charge in [-0.05, 0) is 67.8 Å². The molecule has 1 aliphatic heterocycles. The second-order valence-electron chi connectivity index (χ2n) is 9.01. The highest BCUT2D eigenvalue weighted by molar-refractivity contribution is 9.10. The van der Waals surface area contributed by atoms with Gasteiger partial charge in [0.25, 0.3) is 0 Å². The molecule has 0 aromatic carbocycles. The zero-order valence-electron chi connectivity index (χ0n) is 16.7. The molecule has 0 amide bonds. The molecule has 0 radical (unpaired) electrons. The largest absolute Gasteiger partial charge is 0.598 e. The highest BCUT2D eigenvalue weighted by Gasteiger charge is 2.47. The van der Waals surface area contributed by atoms with Gasteiger partial charge in [-0.25, -0.2) is 15.0 Å². The second kappa shape index (κ2) is 7.70. The summed E-state index contributed by atoms with van der Waals surface area (Å²) >= 11 is 2.52. The van der Waals surface area contributed by atoms with Crippen LogP contribution in [0.1, 0.15) is 52.9 Å². The molecule has 1 saturated heterocycles. The molecule has 1 saturated carbocycles. The first-order valence-electron chi connectivity index (χ1n) is 9.97. The molecule has 2 aliphatic rings. The van der Waals surface area contributed by atoms with Crippen molar-refractivity contribution in [3.05, 3.63) is 23.2 Å². The van der Waals surface area contributed by atoms with Crippen LogP contribution in [0.25, 0.3) is 10.9 Å². The molecule has 0 bridgehead atoms. The molecule has 1 aliphatic carbocycles. The first-order chi connectivity index (χ1) is 13.3. The van der Waals surface area contributed by atoms with Gasteiger partial charge in [0.1, 0.15) is 16.9 Å². The van der Waals surface area contributed by atoms with E-state index in [-0.39, 0.29) is 10.2 Å². The Morgan fingerprint density at radius 2 is 1.96 bits per heavy atom. The predicted octanol–water partition coefficient (Wildman–Crippen LogP) is 3.98. The summed E-state index contributed by atoms with van der Waals surface area (Å²) in [5.74, 6) is 0.967. The number of pyridine rings is 1. The summed E-state index contributed by atoms with van der Waals surface area (Å²) in [5, 5.41) is 0.989. The quantitative estimate of drug-likeness (QED) is 0.690. The highest BCUT2D eigenvalue weighted by Crippen LogP contribution is 2.47. The van der Waals surface area contributed by atoms with Crippen molar-refractivity contribution in [2.45, 2.75) is 63.7 Å². The maximum atomic E-state index is 12.7. The molecule has 2 atom stereocenters. The van der Waals surface area contributed by atoms with Gasteiger partial charge >= 0.3 is 0 Å². The lowest BCUT2D eigenvalue weighted by Crippen LogP contribution is -2.53. The summed E-state index contributed by atoms with van der Waals surface area (Å²) in [5.41, 5.74) is 1.15. The number of hydrogen-bond donors (Lipinski definition) is 1. The highest BCUT2D eigenvalue weighted by atomic mass is 79.9. The molecule has 8 heteroatoms. The Hall–Kier alpha value is -0.960. The van der Waals surface area contributed by atoms with E-state index >= 15 is 0 Å². The topological polar surface area (TPSA) is 77.0 Å². The van der Waals surface area contributed by atoms with Crippen LogP contribution in [0.5, 0.6) is 0 Å². The van der Waals surface area contributed by atoms with E-state index in [2.05, 4.69) is 40.5 Å². The molecule has 1 N–H and O–H groups in total. The van der Waals surface area contributed by atoms with Crippen molar-refractivity contribution >= 4 is 44.0 Å². The molecular formula is C20H28BrN5OS. The van der Waals surface area contributed by atoms with Gasteiger partial charge < -0.3 is 9.45 Å². The lowest BCUT2D eigenvalue weighted by atomic mass is 9.74. The van der Waals surface area contributed by atoms with E-state index in [4.69, 9.17) is 0 Å². The molecule has 2 aromatic heterocycles. The van der Waals surface area contributed by atoms with Gasteiger partial charge in [0.2, 0.25) is 0 Å². The standard InChI is InChI=1S/C20H28BrN5OS/c1-19(2,3)28(27)25-16-5-4-6-20(16)7-9-26(10-8-20)18-14-11-22-13-24-17(14)15(21)12-23-18/h11-13,16,25H,4-10H2,1-3H3/t16-,28?/m1/s1. The van der Waals surface area contributed by atoms with Gasteiger partial charge in [0.05, 0.1) is 21.4 Å². The van der Waals surface area contributed by atoms with Crippen LogP contribution in [0.3, 0.4) is 0 Å². The van der Waals surface area contributed by atoms with E-state index in [1.54, 1.807) is 6.33 Å². The van der Waals surface area contributed by atoms with E-state index in [1.807, 2.05) is 33.2 Å². The Bertz CT molecular complexity index is 850. The third-order valence-electron chi connectivity index (χ3n) is 6.25. The van der Waals surface area contributed by atoms with Gasteiger partial charge in [-0.3, -0.25) is 0 Å². The van der Waals surface area contributed by atoms with Crippen molar-refractivity contribution in [2.75, 3.05) is 18.0 Å². The lowest BCUT2D eigenvalue weighted by Gasteiger charge is -2.44. The van der Waals surface area contributed by atoms with Crippen LogP contribution in [0.2, 0.25) is 0 Å². The third kappa shape index (κ3) is 3.76. The third-order valence-corrected chi connectivity index (χ3v) is 8.44. The number of piperidine rings is 1. The molecule has 6 nitrogen and oxygen atoms in total. The van der Waals surface area contributed by atoms with Crippen LogP contribution in [0.4, 0.5) is 5.82 Å². The van der Waals surface area contributed by atoms with Gasteiger partial charge in [0, 0.05) is 36.8 Å². The first kappa shape index (κ1) is 20.3. The van der Waals surface area contributed by atoms with Crippen LogP contribution in [0, 0.1) is 5.41 Å². The Morgan fingerprint density at radius 1 is 1.21 bits per heavy atom. The number of fused-ring (bicyclic) bond motifs is 1. The normalized spacial score (nSPS) is 23.5. The number of halogens is 1. The minimum atomic E-state index is -1.02. The molecular weight excluding hydrogens is 438 g/mol. The molecule has 3 heterocycles. The smallest absolute Gasteiger partial charge is 0.139 e. The van der Waals surface area contributed by atoms with E-state index in [1.165, 1.54) is 12.8 Å². The Morgan fingerprint density at radius 3 is 2.68 bits per heavy atom. The summed E-state index contributed by atoms with van der Waals surface area (Å²) in [6.07, 6.45) is 11.0. The number of rotatable bonds is 3. The van der Waals surface area contributed by atoms with Gasteiger partial charge in [-0.1, -0.05) is 6.42 Å². The SMILES string of the molecule is CC(C)(C)[S+]([O-])N[C@@H]1CCCC12CCN(c1ncc(Br)c3ncncc13)CC2. The first-order valence-corrected chi connectivity index (χ1v) is 11.9. The minimum absolute atomic E-state index is 0.231. The van der Waals surface area contributed by atoms with E-state index < -0.39 is 11.4 Å². The fourth-order valence-electron chi connectivity index (χ4n) is 4.57. The summed E-state index contributed by atoms with van der Waals surface area (Å²) < 4.78 is 16.8. The fraction of sp³-hybridized carbons (Fsp3) is 0.650. The average Bonchev–Trinajstić information content (AvgIpc) is 3.04. The predicted molar refractivity (Wildman–Crippen MR) is 118 cm³/mol. The summed E-state index contributed by atoms with van der Waals surface area (Å²) in [4.78, 5) is 15.7. The van der Waals surface area contributed by atoms with E-state index in [9.17, 15) is 4.55 Å². The van der Waals surface area contributed by atoms with Gasteiger partial charge in [-0.15, -0.1) is 4.72 Å². The maximum Gasteiger partial charge on any atom is 0.139 e. The Labute approximate surface area is 178 Å². The zero-order valence-corrected chi connectivity index (χ0v) is 19.1. The molecule has 2 aromatic rings. The minimum Gasteiger partial charge on any atom is -0.598 e. The average molecular weight is 466 g/mol. The van der Waals surface area contributed by atoms with Gasteiger partial charge in [0.15, 0.2) is 0 Å². The molecule has 4 rings (SSSR count). The Kier molecular flexibility index (Phi) is 5.59. The van der Waals surface area contributed by atoms with E-state index in [0.717, 1.165) is 53.5 Å².